The molecule has 2 heterocycles. The molecule has 2 saturated heterocycles. The van der Waals surface area contributed by atoms with Crippen LogP contribution in [0.4, 0.5) is 0 Å². The van der Waals surface area contributed by atoms with Crippen LogP contribution in [0.15, 0.2) is 42.5 Å². The minimum absolute atomic E-state index is 0. The van der Waals surface area contributed by atoms with Gasteiger partial charge in [0.15, 0.2) is 0 Å². The fourth-order valence-corrected chi connectivity index (χ4v) is 4.10. The number of halogens is 2. The van der Waals surface area contributed by atoms with Crippen molar-refractivity contribution in [3.05, 3.63) is 48.0 Å². The SMILES string of the molecule is Cl.Cl.O=C(CC1CCCN1)N1CCN(Cc2cccc3ccccc23)CC1. The number of carbonyl (C=O) groups excluding carboxylic acids is 1. The van der Waals surface area contributed by atoms with Crippen molar-refractivity contribution in [3.63, 3.8) is 0 Å². The second-order valence-electron chi connectivity index (χ2n) is 7.29. The van der Waals surface area contributed by atoms with Crippen molar-refractivity contribution in [3.8, 4) is 0 Å². The first-order chi connectivity index (χ1) is 12.3. The van der Waals surface area contributed by atoms with E-state index in [1.54, 1.807) is 0 Å². The van der Waals surface area contributed by atoms with Gasteiger partial charge in [-0.25, -0.2) is 0 Å². The highest BCUT2D eigenvalue weighted by molar-refractivity contribution is 5.86. The van der Waals surface area contributed by atoms with Crippen LogP contribution in [0, 0.1) is 0 Å². The number of carbonyl (C=O) groups is 1. The Balaban J connectivity index is 0.00000131. The van der Waals surface area contributed by atoms with Crippen molar-refractivity contribution >= 4 is 41.5 Å². The fraction of sp³-hybridized carbons (Fsp3) is 0.476. The Morgan fingerprint density at radius 3 is 2.48 bits per heavy atom. The van der Waals surface area contributed by atoms with Crippen molar-refractivity contribution in [1.82, 2.24) is 15.1 Å². The van der Waals surface area contributed by atoms with Gasteiger partial charge in [-0.2, -0.15) is 0 Å². The molecule has 2 aromatic rings. The number of fused-ring (bicyclic) bond motifs is 1. The molecule has 1 atom stereocenters. The molecule has 0 aromatic heterocycles. The molecule has 27 heavy (non-hydrogen) atoms. The van der Waals surface area contributed by atoms with Crippen molar-refractivity contribution in [2.75, 3.05) is 32.7 Å². The standard InChI is InChI=1S/C21H27N3O.2ClH/c25-21(15-19-8-4-10-22-19)24-13-11-23(12-14-24)16-18-7-3-6-17-5-1-2-9-20(17)18;;/h1-3,5-7,9,19,22H,4,8,10-16H2;2*1H. The van der Waals surface area contributed by atoms with E-state index in [1.807, 2.05) is 0 Å². The molecule has 148 valence electrons. The fourth-order valence-electron chi connectivity index (χ4n) is 4.10. The zero-order chi connectivity index (χ0) is 17.1. The molecule has 2 aliphatic heterocycles. The predicted octanol–water partition coefficient (Wildman–Crippen LogP) is 3.47. The van der Waals surface area contributed by atoms with Crippen LogP contribution in [-0.2, 0) is 11.3 Å². The summed E-state index contributed by atoms with van der Waals surface area (Å²) in [4.78, 5) is 17.0. The summed E-state index contributed by atoms with van der Waals surface area (Å²) in [7, 11) is 0. The molecular weight excluding hydrogens is 381 g/mol. The number of benzene rings is 2. The number of hydrogen-bond donors (Lipinski definition) is 1. The summed E-state index contributed by atoms with van der Waals surface area (Å²) in [5.74, 6) is 0.323. The average Bonchev–Trinajstić information content (AvgIpc) is 3.16. The minimum Gasteiger partial charge on any atom is -0.340 e. The maximum absolute atomic E-state index is 12.5. The molecule has 6 heteroatoms. The highest BCUT2D eigenvalue weighted by atomic mass is 35.5. The Morgan fingerprint density at radius 2 is 1.74 bits per heavy atom. The highest BCUT2D eigenvalue weighted by Crippen LogP contribution is 2.21. The molecule has 1 unspecified atom stereocenters. The van der Waals surface area contributed by atoms with Crippen molar-refractivity contribution < 1.29 is 4.79 Å². The molecule has 0 radical (unpaired) electrons. The number of hydrogen-bond acceptors (Lipinski definition) is 3. The summed E-state index contributed by atoms with van der Waals surface area (Å²) >= 11 is 0. The van der Waals surface area contributed by atoms with Gasteiger partial charge in [-0.3, -0.25) is 9.69 Å². The number of nitrogens with one attached hydrogen (secondary N) is 1. The topological polar surface area (TPSA) is 35.6 Å². The third kappa shape index (κ3) is 5.35. The molecular formula is C21H29Cl2N3O. The van der Waals surface area contributed by atoms with Gasteiger partial charge >= 0.3 is 0 Å². The Bertz CT molecular complexity index is 736. The average molecular weight is 410 g/mol. The number of rotatable bonds is 4. The zero-order valence-corrected chi connectivity index (χ0v) is 17.2. The van der Waals surface area contributed by atoms with Gasteiger partial charge in [0.25, 0.3) is 0 Å². The van der Waals surface area contributed by atoms with Crippen LogP contribution in [-0.4, -0.2) is 54.5 Å². The van der Waals surface area contributed by atoms with Crippen LogP contribution in [0.2, 0.25) is 0 Å². The molecule has 1 N–H and O–H groups in total. The minimum atomic E-state index is 0. The maximum atomic E-state index is 12.5. The molecule has 1 amide bonds. The molecule has 2 aliphatic rings. The molecule has 2 fully saturated rings. The van der Waals surface area contributed by atoms with Crippen LogP contribution in [0.1, 0.15) is 24.8 Å². The van der Waals surface area contributed by atoms with E-state index in [-0.39, 0.29) is 24.8 Å². The molecule has 0 bridgehead atoms. The maximum Gasteiger partial charge on any atom is 0.224 e. The van der Waals surface area contributed by atoms with Crippen LogP contribution in [0.5, 0.6) is 0 Å². The van der Waals surface area contributed by atoms with Crippen LogP contribution < -0.4 is 5.32 Å². The van der Waals surface area contributed by atoms with E-state index in [4.69, 9.17) is 0 Å². The number of nitrogens with zero attached hydrogens (tertiary/aromatic N) is 2. The van der Waals surface area contributed by atoms with Gasteiger partial charge in [0.05, 0.1) is 0 Å². The number of amides is 1. The highest BCUT2D eigenvalue weighted by Gasteiger charge is 2.25. The molecule has 4 nitrogen and oxygen atoms in total. The lowest BCUT2D eigenvalue weighted by atomic mass is 10.0. The van der Waals surface area contributed by atoms with Gasteiger partial charge in [-0.1, -0.05) is 42.5 Å². The second-order valence-corrected chi connectivity index (χ2v) is 7.29. The summed E-state index contributed by atoms with van der Waals surface area (Å²) in [6.45, 7) is 5.68. The molecule has 2 aromatic carbocycles. The number of piperazine rings is 1. The van der Waals surface area contributed by atoms with E-state index in [0.29, 0.717) is 18.4 Å². The lowest BCUT2D eigenvalue weighted by Gasteiger charge is -2.35. The van der Waals surface area contributed by atoms with E-state index in [2.05, 4.69) is 57.6 Å². The first-order valence-electron chi connectivity index (χ1n) is 9.50. The normalized spacial score (nSPS) is 20.1. The third-order valence-electron chi connectivity index (χ3n) is 5.58. The van der Waals surface area contributed by atoms with Crippen molar-refractivity contribution in [2.24, 2.45) is 0 Å². The van der Waals surface area contributed by atoms with E-state index < -0.39 is 0 Å². The van der Waals surface area contributed by atoms with Crippen LogP contribution in [0.25, 0.3) is 10.8 Å². The second kappa shape index (κ2) is 10.3. The van der Waals surface area contributed by atoms with Crippen molar-refractivity contribution in [1.29, 1.82) is 0 Å². The quantitative estimate of drug-likeness (QED) is 0.839. The van der Waals surface area contributed by atoms with Gasteiger partial charge < -0.3 is 10.2 Å². The first kappa shape index (κ1) is 22.0. The Hall–Kier alpha value is -1.33. The molecule has 0 spiro atoms. The van der Waals surface area contributed by atoms with Gasteiger partial charge in [-0.15, -0.1) is 24.8 Å². The third-order valence-corrected chi connectivity index (χ3v) is 5.58. The molecule has 0 saturated carbocycles. The Kier molecular flexibility index (Phi) is 8.36. The Morgan fingerprint density at radius 1 is 1.00 bits per heavy atom. The first-order valence-corrected chi connectivity index (χ1v) is 9.50. The Labute approximate surface area is 174 Å². The predicted molar refractivity (Wildman–Crippen MR) is 116 cm³/mol. The van der Waals surface area contributed by atoms with Gasteiger partial charge in [0, 0.05) is 45.2 Å². The summed E-state index contributed by atoms with van der Waals surface area (Å²) in [6, 6.07) is 15.5. The molecule has 4 rings (SSSR count). The van der Waals surface area contributed by atoms with Gasteiger partial charge in [0.1, 0.15) is 0 Å². The molecule has 0 aliphatic carbocycles. The van der Waals surface area contributed by atoms with Crippen LogP contribution in [0.3, 0.4) is 0 Å². The van der Waals surface area contributed by atoms with E-state index >= 15 is 0 Å². The summed E-state index contributed by atoms with van der Waals surface area (Å²) in [5, 5.41) is 6.07. The van der Waals surface area contributed by atoms with E-state index in [0.717, 1.165) is 45.7 Å². The van der Waals surface area contributed by atoms with Gasteiger partial charge in [0.2, 0.25) is 5.91 Å². The van der Waals surface area contributed by atoms with E-state index in [1.165, 1.54) is 22.8 Å². The zero-order valence-electron chi connectivity index (χ0n) is 15.6. The summed E-state index contributed by atoms with van der Waals surface area (Å²) in [6.07, 6.45) is 3.02. The largest absolute Gasteiger partial charge is 0.340 e. The lowest BCUT2D eigenvalue weighted by Crippen LogP contribution is -2.49. The summed E-state index contributed by atoms with van der Waals surface area (Å²) in [5.41, 5.74) is 1.38. The monoisotopic (exact) mass is 409 g/mol. The lowest BCUT2D eigenvalue weighted by molar-refractivity contribution is -0.133. The van der Waals surface area contributed by atoms with Crippen LogP contribution >= 0.6 is 24.8 Å². The van der Waals surface area contributed by atoms with Gasteiger partial charge in [-0.05, 0) is 35.7 Å². The van der Waals surface area contributed by atoms with Crippen molar-refractivity contribution in [2.45, 2.75) is 31.8 Å². The smallest absolute Gasteiger partial charge is 0.224 e. The van der Waals surface area contributed by atoms with E-state index in [9.17, 15) is 4.79 Å². The summed E-state index contributed by atoms with van der Waals surface area (Å²) < 4.78 is 0.